The quantitative estimate of drug-likeness (QED) is 0.711. The van der Waals surface area contributed by atoms with Crippen LogP contribution in [0.25, 0.3) is 0 Å². The number of rotatable bonds is 7. The van der Waals surface area contributed by atoms with Crippen LogP contribution in [0, 0.1) is 0 Å². The highest BCUT2D eigenvalue weighted by molar-refractivity contribution is 5.91. The molecule has 0 aromatic heterocycles. The van der Waals surface area contributed by atoms with Crippen molar-refractivity contribution in [2.75, 3.05) is 35.5 Å². The van der Waals surface area contributed by atoms with Gasteiger partial charge in [0.25, 0.3) is 0 Å². The van der Waals surface area contributed by atoms with E-state index in [1.807, 2.05) is 0 Å². The van der Waals surface area contributed by atoms with Gasteiger partial charge in [-0.05, 0) is 24.3 Å². The Balaban J connectivity index is 2.58. The molecule has 25 heavy (non-hydrogen) atoms. The molecule has 0 amide bonds. The second-order valence-corrected chi connectivity index (χ2v) is 4.80. The van der Waals surface area contributed by atoms with Gasteiger partial charge in [0, 0.05) is 0 Å². The fourth-order valence-electron chi connectivity index (χ4n) is 2.24. The zero-order chi connectivity index (χ0) is 18.4. The Morgan fingerprint density at radius 2 is 1.16 bits per heavy atom. The van der Waals surface area contributed by atoms with Gasteiger partial charge in [0.05, 0.1) is 41.1 Å². The van der Waals surface area contributed by atoms with Gasteiger partial charge in [-0.15, -0.1) is 0 Å². The van der Waals surface area contributed by atoms with Gasteiger partial charge in [0.2, 0.25) is 11.5 Å². The molecule has 0 atom stereocenters. The van der Waals surface area contributed by atoms with Crippen LogP contribution in [0.15, 0.2) is 30.3 Å². The van der Waals surface area contributed by atoms with E-state index in [2.05, 4.69) is 0 Å². The largest absolute Gasteiger partial charge is 0.493 e. The first-order valence-electron chi connectivity index (χ1n) is 7.32. The second kappa shape index (κ2) is 8.14. The Morgan fingerprint density at radius 3 is 1.56 bits per heavy atom. The predicted octanol–water partition coefficient (Wildman–Crippen LogP) is 3.30. The van der Waals surface area contributed by atoms with Gasteiger partial charge in [-0.2, -0.15) is 0 Å². The number of carbonyl (C=O) groups excluding carboxylic acids is 1. The maximum absolute atomic E-state index is 11.8. The number of methoxy groups -OCH3 is 5. The minimum Gasteiger partial charge on any atom is -0.493 e. The van der Waals surface area contributed by atoms with Crippen molar-refractivity contribution in [1.29, 1.82) is 0 Å². The molecule has 0 aliphatic carbocycles. The lowest BCUT2D eigenvalue weighted by molar-refractivity contribution is 0.0600. The normalized spacial score (nSPS) is 9.96. The lowest BCUT2D eigenvalue weighted by Crippen LogP contribution is -2.04. The van der Waals surface area contributed by atoms with Crippen LogP contribution in [0.5, 0.6) is 34.5 Å². The molecule has 0 radical (unpaired) electrons. The van der Waals surface area contributed by atoms with Gasteiger partial charge in [-0.3, -0.25) is 0 Å². The summed E-state index contributed by atoms with van der Waals surface area (Å²) in [6, 6.07) is 8.26. The summed E-state index contributed by atoms with van der Waals surface area (Å²) in [5.41, 5.74) is 0.274. The van der Waals surface area contributed by atoms with Gasteiger partial charge in [-0.25, -0.2) is 4.79 Å². The molecule has 134 valence electrons. The van der Waals surface area contributed by atoms with E-state index in [0.717, 1.165) is 0 Å². The lowest BCUT2D eigenvalue weighted by Gasteiger charge is -2.18. The molecule has 2 aromatic rings. The third-order valence-corrected chi connectivity index (χ3v) is 3.47. The number of hydrogen-bond acceptors (Lipinski definition) is 7. The minimum atomic E-state index is -0.516. The molecule has 0 aliphatic rings. The zero-order valence-electron chi connectivity index (χ0n) is 14.7. The fraction of sp³-hybridized carbons (Fsp3) is 0.278. The Bertz CT molecular complexity index is 708. The van der Waals surface area contributed by atoms with E-state index >= 15 is 0 Å². The van der Waals surface area contributed by atoms with Crippen LogP contribution in [0.1, 0.15) is 10.4 Å². The van der Waals surface area contributed by atoms with Crippen LogP contribution < -0.4 is 23.7 Å². The first-order valence-corrected chi connectivity index (χ1v) is 7.32. The maximum atomic E-state index is 11.8. The van der Waals surface area contributed by atoms with Gasteiger partial charge >= 0.3 is 5.97 Å². The first kappa shape index (κ1) is 18.3. The number of hydrogen-bond donors (Lipinski definition) is 0. The lowest BCUT2D eigenvalue weighted by atomic mass is 10.2. The van der Waals surface area contributed by atoms with Gasteiger partial charge in [-0.1, -0.05) is 6.07 Å². The van der Waals surface area contributed by atoms with E-state index in [-0.39, 0.29) is 11.3 Å². The summed E-state index contributed by atoms with van der Waals surface area (Å²) in [5.74, 6) is 1.66. The topological polar surface area (TPSA) is 72.5 Å². The van der Waals surface area contributed by atoms with Crippen LogP contribution in [0.4, 0.5) is 0 Å². The summed E-state index contributed by atoms with van der Waals surface area (Å²) in [7, 11) is 7.27. The smallest absolute Gasteiger partial charge is 0.338 e. The van der Waals surface area contributed by atoms with E-state index in [1.165, 1.54) is 47.7 Å². The number of ether oxygens (including phenoxy) is 6. The third kappa shape index (κ3) is 3.71. The molecule has 2 rings (SSSR count). The molecule has 0 fully saturated rings. The van der Waals surface area contributed by atoms with Gasteiger partial charge in [0.15, 0.2) is 23.0 Å². The molecule has 0 bridgehead atoms. The first-order chi connectivity index (χ1) is 12.1. The van der Waals surface area contributed by atoms with E-state index in [0.29, 0.717) is 28.7 Å². The summed E-state index contributed by atoms with van der Waals surface area (Å²) < 4.78 is 32.1. The van der Waals surface area contributed by atoms with Crippen molar-refractivity contribution >= 4 is 5.97 Å². The van der Waals surface area contributed by atoms with E-state index in [1.54, 1.807) is 18.2 Å². The van der Waals surface area contributed by atoms with Crippen molar-refractivity contribution in [3.8, 4) is 34.5 Å². The van der Waals surface area contributed by atoms with Crippen LogP contribution in [0.2, 0.25) is 0 Å². The maximum Gasteiger partial charge on any atom is 0.338 e. The molecule has 7 nitrogen and oxygen atoms in total. The van der Waals surface area contributed by atoms with Crippen molar-refractivity contribution in [2.24, 2.45) is 0 Å². The van der Waals surface area contributed by atoms with Gasteiger partial charge < -0.3 is 28.4 Å². The summed E-state index contributed by atoms with van der Waals surface area (Å²) in [4.78, 5) is 11.8. The summed E-state index contributed by atoms with van der Waals surface area (Å²) in [5, 5.41) is 0. The Morgan fingerprint density at radius 1 is 0.720 bits per heavy atom. The van der Waals surface area contributed by atoms with Crippen LogP contribution in [-0.4, -0.2) is 41.5 Å². The van der Waals surface area contributed by atoms with Crippen molar-refractivity contribution in [1.82, 2.24) is 0 Å². The van der Waals surface area contributed by atoms with Crippen molar-refractivity contribution in [3.05, 3.63) is 35.9 Å². The molecule has 0 aliphatic heterocycles. The molecule has 0 saturated carbocycles. The minimum absolute atomic E-state index is 0.274. The standard InChI is InChI=1S/C18H20O7/c1-20-12-7-6-8-13(21-2)16(12)25-17-14(22-3)9-11(18(19)24-5)10-15(17)23-4/h6-10H,1-5H3. The van der Waals surface area contributed by atoms with Crippen LogP contribution >= 0.6 is 0 Å². The van der Waals surface area contributed by atoms with E-state index in [4.69, 9.17) is 28.4 Å². The van der Waals surface area contributed by atoms with E-state index in [9.17, 15) is 4.79 Å². The Kier molecular flexibility index (Phi) is 5.94. The molecular weight excluding hydrogens is 328 g/mol. The Hall–Kier alpha value is -3.09. The Labute approximate surface area is 146 Å². The SMILES string of the molecule is COC(=O)c1cc(OC)c(Oc2c(OC)cccc2OC)c(OC)c1. The summed E-state index contributed by atoms with van der Waals surface area (Å²) in [6.45, 7) is 0. The van der Waals surface area contributed by atoms with Crippen LogP contribution in [-0.2, 0) is 4.74 Å². The third-order valence-electron chi connectivity index (χ3n) is 3.47. The molecule has 0 saturated heterocycles. The van der Waals surface area contributed by atoms with Crippen molar-refractivity contribution in [3.63, 3.8) is 0 Å². The van der Waals surface area contributed by atoms with Crippen LogP contribution in [0.3, 0.4) is 0 Å². The molecule has 2 aromatic carbocycles. The molecule has 0 heterocycles. The van der Waals surface area contributed by atoms with Gasteiger partial charge in [0.1, 0.15) is 0 Å². The molecule has 7 heteroatoms. The number of carbonyl (C=O) groups is 1. The average Bonchev–Trinajstić information content (AvgIpc) is 2.67. The van der Waals surface area contributed by atoms with Crippen molar-refractivity contribution in [2.45, 2.75) is 0 Å². The molecule has 0 spiro atoms. The van der Waals surface area contributed by atoms with Crippen molar-refractivity contribution < 1.29 is 33.2 Å². The average molecular weight is 348 g/mol. The fourth-order valence-corrected chi connectivity index (χ4v) is 2.24. The molecular formula is C18H20O7. The predicted molar refractivity (Wildman–Crippen MR) is 90.5 cm³/mol. The number of benzene rings is 2. The number of para-hydroxylation sites is 1. The number of esters is 1. The monoisotopic (exact) mass is 348 g/mol. The molecule has 0 unspecified atom stereocenters. The highest BCUT2D eigenvalue weighted by atomic mass is 16.6. The highest BCUT2D eigenvalue weighted by Gasteiger charge is 2.22. The van der Waals surface area contributed by atoms with E-state index < -0.39 is 5.97 Å². The highest BCUT2D eigenvalue weighted by Crippen LogP contribution is 2.47. The molecule has 0 N–H and O–H groups in total. The second-order valence-electron chi connectivity index (χ2n) is 4.80. The summed E-state index contributed by atoms with van der Waals surface area (Å²) in [6.07, 6.45) is 0. The summed E-state index contributed by atoms with van der Waals surface area (Å²) >= 11 is 0. The zero-order valence-corrected chi connectivity index (χ0v) is 14.7.